The number of thiazole rings is 1. The lowest BCUT2D eigenvalue weighted by atomic mass is 9.99. The van der Waals surface area contributed by atoms with Crippen molar-refractivity contribution < 1.29 is 9.45 Å². The zero-order valence-corrected chi connectivity index (χ0v) is 14.0. The van der Waals surface area contributed by atoms with Gasteiger partial charge in [-0.05, 0) is 25.0 Å². The van der Waals surface area contributed by atoms with Crippen molar-refractivity contribution in [2.45, 2.75) is 31.2 Å². The number of non-ortho nitro benzene ring substituents is 1. The van der Waals surface area contributed by atoms with E-state index in [4.69, 9.17) is 10.3 Å². The SMILES string of the molecule is NC1(c2noc(-c3csc(-c4ccc([N+](=O)[O-])cc4)n3)n2)CCCC1. The third kappa shape index (κ3) is 2.92. The Labute approximate surface area is 146 Å². The Bertz CT molecular complexity index is 912. The first kappa shape index (κ1) is 15.9. The van der Waals surface area contributed by atoms with Crippen molar-refractivity contribution in [3.05, 3.63) is 45.6 Å². The summed E-state index contributed by atoms with van der Waals surface area (Å²) in [6.45, 7) is 0. The van der Waals surface area contributed by atoms with Gasteiger partial charge >= 0.3 is 0 Å². The van der Waals surface area contributed by atoms with Gasteiger partial charge in [-0.25, -0.2) is 4.98 Å². The highest BCUT2D eigenvalue weighted by atomic mass is 32.1. The summed E-state index contributed by atoms with van der Waals surface area (Å²) in [7, 11) is 0. The van der Waals surface area contributed by atoms with Crippen molar-refractivity contribution >= 4 is 17.0 Å². The van der Waals surface area contributed by atoms with Crippen LogP contribution in [0.2, 0.25) is 0 Å². The summed E-state index contributed by atoms with van der Waals surface area (Å²) < 4.78 is 5.34. The largest absolute Gasteiger partial charge is 0.332 e. The summed E-state index contributed by atoms with van der Waals surface area (Å²) in [5.74, 6) is 0.876. The Balaban J connectivity index is 1.59. The van der Waals surface area contributed by atoms with Gasteiger partial charge in [0.15, 0.2) is 5.82 Å². The Hall–Kier alpha value is -2.65. The maximum atomic E-state index is 10.7. The lowest BCUT2D eigenvalue weighted by molar-refractivity contribution is -0.384. The van der Waals surface area contributed by atoms with Crippen LogP contribution >= 0.6 is 11.3 Å². The van der Waals surface area contributed by atoms with E-state index in [1.54, 1.807) is 12.1 Å². The first-order valence-electron chi connectivity index (χ1n) is 7.89. The molecule has 1 aliphatic rings. The molecule has 0 amide bonds. The molecule has 25 heavy (non-hydrogen) atoms. The maximum Gasteiger partial charge on any atom is 0.277 e. The summed E-state index contributed by atoms with van der Waals surface area (Å²) >= 11 is 1.41. The summed E-state index contributed by atoms with van der Waals surface area (Å²) in [4.78, 5) is 19.2. The number of hydrogen-bond acceptors (Lipinski definition) is 8. The minimum absolute atomic E-state index is 0.0480. The Morgan fingerprint density at radius 2 is 1.92 bits per heavy atom. The van der Waals surface area contributed by atoms with Gasteiger partial charge in [-0.15, -0.1) is 11.3 Å². The van der Waals surface area contributed by atoms with Crippen LogP contribution in [0.5, 0.6) is 0 Å². The predicted molar refractivity (Wildman–Crippen MR) is 91.8 cm³/mol. The maximum absolute atomic E-state index is 10.7. The van der Waals surface area contributed by atoms with Crippen LogP contribution in [0, 0.1) is 10.1 Å². The van der Waals surface area contributed by atoms with Crippen molar-refractivity contribution in [2.75, 3.05) is 0 Å². The topological polar surface area (TPSA) is 121 Å². The van der Waals surface area contributed by atoms with Gasteiger partial charge in [0.05, 0.1) is 10.5 Å². The van der Waals surface area contributed by atoms with Crippen molar-refractivity contribution in [1.82, 2.24) is 15.1 Å². The number of rotatable bonds is 4. The molecule has 1 saturated carbocycles. The fraction of sp³-hybridized carbons (Fsp3) is 0.312. The molecular formula is C16H15N5O3S. The average molecular weight is 357 g/mol. The van der Waals surface area contributed by atoms with Gasteiger partial charge in [0, 0.05) is 23.1 Å². The molecule has 0 atom stereocenters. The van der Waals surface area contributed by atoms with Crippen molar-refractivity contribution in [2.24, 2.45) is 5.73 Å². The highest BCUT2D eigenvalue weighted by Gasteiger charge is 2.36. The van der Waals surface area contributed by atoms with E-state index in [-0.39, 0.29) is 5.69 Å². The molecule has 1 fully saturated rings. The first-order chi connectivity index (χ1) is 12.0. The molecule has 0 radical (unpaired) electrons. The third-order valence-electron chi connectivity index (χ3n) is 4.42. The molecule has 1 aromatic carbocycles. The molecule has 4 rings (SSSR count). The molecule has 0 bridgehead atoms. The fourth-order valence-corrected chi connectivity index (χ4v) is 3.79. The summed E-state index contributed by atoms with van der Waals surface area (Å²) in [5.41, 5.74) is 7.28. The lowest BCUT2D eigenvalue weighted by Crippen LogP contribution is -2.34. The summed E-state index contributed by atoms with van der Waals surface area (Å²) in [6, 6.07) is 6.26. The van der Waals surface area contributed by atoms with Gasteiger partial charge in [0.25, 0.3) is 11.6 Å². The number of aromatic nitrogens is 3. The van der Waals surface area contributed by atoms with Crippen LogP contribution in [0.1, 0.15) is 31.5 Å². The zero-order valence-electron chi connectivity index (χ0n) is 13.2. The van der Waals surface area contributed by atoms with Gasteiger partial charge in [-0.2, -0.15) is 4.98 Å². The average Bonchev–Trinajstić information content (AvgIpc) is 3.35. The minimum atomic E-state index is -0.501. The quantitative estimate of drug-likeness (QED) is 0.560. The first-order valence-corrected chi connectivity index (χ1v) is 8.77. The van der Waals surface area contributed by atoms with Crippen LogP contribution in [0.3, 0.4) is 0 Å². The van der Waals surface area contributed by atoms with E-state index in [0.29, 0.717) is 17.4 Å². The van der Waals surface area contributed by atoms with Crippen LogP contribution < -0.4 is 5.73 Å². The van der Waals surface area contributed by atoms with Gasteiger partial charge in [-0.1, -0.05) is 18.0 Å². The molecule has 0 unspecified atom stereocenters. The van der Waals surface area contributed by atoms with Gasteiger partial charge < -0.3 is 10.3 Å². The zero-order chi connectivity index (χ0) is 17.4. The number of nitro groups is 1. The van der Waals surface area contributed by atoms with E-state index in [2.05, 4.69) is 15.1 Å². The molecule has 1 aliphatic carbocycles. The molecule has 0 aliphatic heterocycles. The smallest absolute Gasteiger partial charge is 0.277 e. The molecule has 128 valence electrons. The van der Waals surface area contributed by atoms with Gasteiger partial charge in [-0.3, -0.25) is 10.1 Å². The molecule has 0 saturated heterocycles. The van der Waals surface area contributed by atoms with Crippen molar-refractivity contribution in [3.8, 4) is 22.2 Å². The number of nitrogens with zero attached hydrogens (tertiary/aromatic N) is 4. The predicted octanol–water partition coefficient (Wildman–Crippen LogP) is 3.50. The molecule has 9 heteroatoms. The second-order valence-electron chi connectivity index (χ2n) is 6.13. The Morgan fingerprint density at radius 1 is 1.20 bits per heavy atom. The second kappa shape index (κ2) is 6.01. The monoisotopic (exact) mass is 357 g/mol. The van der Waals surface area contributed by atoms with Crippen LogP contribution in [0.25, 0.3) is 22.2 Å². The van der Waals surface area contributed by atoms with Crippen LogP contribution in [-0.4, -0.2) is 20.0 Å². The van der Waals surface area contributed by atoms with Crippen LogP contribution in [-0.2, 0) is 5.54 Å². The molecule has 3 aromatic rings. The van der Waals surface area contributed by atoms with Crippen molar-refractivity contribution in [3.63, 3.8) is 0 Å². The molecule has 0 spiro atoms. The number of nitrogens with two attached hydrogens (primary N) is 1. The molecule has 2 aromatic heterocycles. The Morgan fingerprint density at radius 3 is 2.60 bits per heavy atom. The van der Waals surface area contributed by atoms with E-state index in [1.807, 2.05) is 5.38 Å². The number of nitro benzene ring substituents is 1. The molecule has 8 nitrogen and oxygen atoms in total. The molecule has 2 heterocycles. The normalized spacial score (nSPS) is 16.2. The standard InChI is InChI=1S/C16H15N5O3S/c17-16(7-1-2-8-16)15-19-13(24-20-15)12-9-25-14(18-12)10-3-5-11(6-4-10)21(22)23/h3-6,9H,1-2,7-8,17H2. The second-order valence-corrected chi connectivity index (χ2v) is 6.99. The van der Waals surface area contributed by atoms with Gasteiger partial charge in [0.2, 0.25) is 0 Å². The lowest BCUT2D eigenvalue weighted by Gasteiger charge is -2.17. The van der Waals surface area contributed by atoms with E-state index in [9.17, 15) is 10.1 Å². The minimum Gasteiger partial charge on any atom is -0.332 e. The number of hydrogen-bond donors (Lipinski definition) is 1. The van der Waals surface area contributed by atoms with Crippen LogP contribution in [0.15, 0.2) is 34.2 Å². The highest BCUT2D eigenvalue weighted by molar-refractivity contribution is 7.13. The molecular weight excluding hydrogens is 342 g/mol. The number of benzene rings is 1. The summed E-state index contributed by atoms with van der Waals surface area (Å²) in [5, 5.41) is 17.3. The molecule has 2 N–H and O–H groups in total. The fourth-order valence-electron chi connectivity index (χ4n) is 2.99. The van der Waals surface area contributed by atoms with Gasteiger partial charge in [0.1, 0.15) is 10.7 Å². The van der Waals surface area contributed by atoms with E-state index in [1.165, 1.54) is 23.5 Å². The summed E-state index contributed by atoms with van der Waals surface area (Å²) in [6.07, 6.45) is 3.86. The van der Waals surface area contributed by atoms with E-state index < -0.39 is 10.5 Å². The van der Waals surface area contributed by atoms with Crippen LogP contribution in [0.4, 0.5) is 5.69 Å². The van der Waals surface area contributed by atoms with E-state index in [0.717, 1.165) is 36.3 Å². The van der Waals surface area contributed by atoms with Crippen molar-refractivity contribution in [1.29, 1.82) is 0 Å². The Kier molecular flexibility index (Phi) is 3.81. The van der Waals surface area contributed by atoms with E-state index >= 15 is 0 Å². The highest BCUT2D eigenvalue weighted by Crippen LogP contribution is 2.36. The third-order valence-corrected chi connectivity index (χ3v) is 5.31.